The predicted molar refractivity (Wildman–Crippen MR) is 132 cm³/mol. The smallest absolute Gasteiger partial charge is 0.258 e. The summed E-state index contributed by atoms with van der Waals surface area (Å²) in [4.78, 5) is 14.9. The van der Waals surface area contributed by atoms with E-state index < -0.39 is 0 Å². The zero-order valence-electron chi connectivity index (χ0n) is 20.4. The fraction of sp³-hybridized carbons (Fsp3) is 0.444. The van der Waals surface area contributed by atoms with Gasteiger partial charge in [-0.25, -0.2) is 0 Å². The maximum atomic E-state index is 12.4. The SMILES string of the molecule is CC(C)Cc1ccc(CN2CCc3nnc([C@H](C)NC(=O)COc4ccccc4)n3CC2)cc1. The Balaban J connectivity index is 1.30. The highest BCUT2D eigenvalue weighted by molar-refractivity contribution is 5.77. The van der Waals surface area contributed by atoms with Gasteiger partial charge in [0.25, 0.3) is 5.91 Å². The number of benzene rings is 2. The monoisotopic (exact) mass is 461 g/mol. The molecule has 0 fully saturated rings. The van der Waals surface area contributed by atoms with Crippen molar-refractivity contribution in [1.29, 1.82) is 0 Å². The third-order valence-corrected chi connectivity index (χ3v) is 6.10. The first-order valence-corrected chi connectivity index (χ1v) is 12.2. The van der Waals surface area contributed by atoms with E-state index in [4.69, 9.17) is 4.74 Å². The number of nitrogens with one attached hydrogen (secondary N) is 1. The quantitative estimate of drug-likeness (QED) is 0.525. The molecule has 7 nitrogen and oxygen atoms in total. The van der Waals surface area contributed by atoms with Crippen LogP contribution >= 0.6 is 0 Å². The van der Waals surface area contributed by atoms with Crippen LogP contribution in [0.25, 0.3) is 0 Å². The molecule has 0 radical (unpaired) electrons. The maximum Gasteiger partial charge on any atom is 0.258 e. The van der Waals surface area contributed by atoms with Crippen LogP contribution in [0.1, 0.15) is 49.6 Å². The Kier molecular flexibility index (Phi) is 7.95. The van der Waals surface area contributed by atoms with Gasteiger partial charge in [0.05, 0.1) is 6.04 Å². The summed E-state index contributed by atoms with van der Waals surface area (Å²) in [5.41, 5.74) is 2.74. The minimum Gasteiger partial charge on any atom is -0.484 e. The summed E-state index contributed by atoms with van der Waals surface area (Å²) >= 11 is 0. The number of carbonyl (C=O) groups excluding carboxylic acids is 1. The van der Waals surface area contributed by atoms with Crippen molar-refractivity contribution in [1.82, 2.24) is 25.0 Å². The lowest BCUT2D eigenvalue weighted by molar-refractivity contribution is -0.123. The van der Waals surface area contributed by atoms with E-state index in [9.17, 15) is 4.79 Å². The van der Waals surface area contributed by atoms with Crippen LogP contribution in [0.2, 0.25) is 0 Å². The summed E-state index contributed by atoms with van der Waals surface area (Å²) in [5, 5.41) is 11.8. The first kappa shape index (κ1) is 24.0. The van der Waals surface area contributed by atoms with Crippen molar-refractivity contribution in [3.63, 3.8) is 0 Å². The fourth-order valence-electron chi connectivity index (χ4n) is 4.39. The molecule has 0 bridgehead atoms. The number of hydrogen-bond donors (Lipinski definition) is 1. The summed E-state index contributed by atoms with van der Waals surface area (Å²) in [7, 11) is 0. The summed E-state index contributed by atoms with van der Waals surface area (Å²) < 4.78 is 7.72. The Morgan fingerprint density at radius 3 is 2.44 bits per heavy atom. The van der Waals surface area contributed by atoms with Crippen molar-refractivity contribution in [3.05, 3.63) is 77.4 Å². The second kappa shape index (κ2) is 11.3. The summed E-state index contributed by atoms with van der Waals surface area (Å²) in [6.45, 7) is 10.0. The lowest BCUT2D eigenvalue weighted by Gasteiger charge is -2.20. The standard InChI is InChI=1S/C27H35N5O2/c1-20(2)17-22-9-11-23(12-10-22)18-31-14-13-25-29-30-27(32(25)16-15-31)21(3)28-26(33)19-34-24-7-5-4-6-8-24/h4-12,20-21H,13-19H2,1-3H3,(H,28,33)/t21-/m0/s1. The highest BCUT2D eigenvalue weighted by Crippen LogP contribution is 2.18. The molecule has 1 amide bonds. The number of ether oxygens (including phenoxy) is 1. The number of fused-ring (bicyclic) bond motifs is 1. The average Bonchev–Trinajstić information content (AvgIpc) is 3.14. The van der Waals surface area contributed by atoms with Crippen LogP contribution < -0.4 is 10.1 Å². The molecule has 0 saturated heterocycles. The van der Waals surface area contributed by atoms with Gasteiger partial charge < -0.3 is 14.6 Å². The molecule has 3 aromatic rings. The Labute approximate surface area is 202 Å². The van der Waals surface area contributed by atoms with Gasteiger partial charge in [0, 0.05) is 32.6 Å². The van der Waals surface area contributed by atoms with Gasteiger partial charge >= 0.3 is 0 Å². The summed E-state index contributed by atoms with van der Waals surface area (Å²) in [6.07, 6.45) is 1.96. The minimum atomic E-state index is -0.242. The van der Waals surface area contributed by atoms with Gasteiger partial charge in [0.2, 0.25) is 0 Å². The van der Waals surface area contributed by atoms with Crippen molar-refractivity contribution in [2.24, 2.45) is 5.92 Å². The Morgan fingerprint density at radius 1 is 0.971 bits per heavy atom. The molecule has 1 atom stereocenters. The fourth-order valence-corrected chi connectivity index (χ4v) is 4.39. The zero-order chi connectivity index (χ0) is 23.9. The predicted octanol–water partition coefficient (Wildman–Crippen LogP) is 3.79. The Morgan fingerprint density at radius 2 is 1.71 bits per heavy atom. The van der Waals surface area contributed by atoms with Gasteiger partial charge in [-0.15, -0.1) is 10.2 Å². The molecule has 0 aliphatic carbocycles. The molecule has 0 unspecified atom stereocenters. The van der Waals surface area contributed by atoms with E-state index in [-0.39, 0.29) is 18.6 Å². The van der Waals surface area contributed by atoms with Crippen LogP contribution in [0.3, 0.4) is 0 Å². The van der Waals surface area contributed by atoms with E-state index in [0.717, 1.165) is 50.7 Å². The van der Waals surface area contributed by atoms with Crippen LogP contribution in [-0.2, 0) is 30.7 Å². The number of amides is 1. The summed E-state index contributed by atoms with van der Waals surface area (Å²) in [5.74, 6) is 2.95. The molecule has 1 N–H and O–H groups in total. The average molecular weight is 462 g/mol. The second-order valence-corrected chi connectivity index (χ2v) is 9.46. The van der Waals surface area contributed by atoms with Crippen LogP contribution in [0.15, 0.2) is 54.6 Å². The zero-order valence-corrected chi connectivity index (χ0v) is 20.4. The Hall–Kier alpha value is -3.19. The van der Waals surface area contributed by atoms with Crippen molar-refractivity contribution in [3.8, 4) is 5.75 Å². The van der Waals surface area contributed by atoms with Gasteiger partial charge in [-0.1, -0.05) is 56.3 Å². The van der Waals surface area contributed by atoms with Gasteiger partial charge in [-0.05, 0) is 42.5 Å². The highest BCUT2D eigenvalue weighted by Gasteiger charge is 2.23. The maximum absolute atomic E-state index is 12.4. The largest absolute Gasteiger partial charge is 0.484 e. The topological polar surface area (TPSA) is 72.3 Å². The number of hydrogen-bond acceptors (Lipinski definition) is 5. The lowest BCUT2D eigenvalue weighted by Crippen LogP contribution is -2.33. The van der Waals surface area contributed by atoms with E-state index in [2.05, 4.69) is 63.1 Å². The van der Waals surface area contributed by atoms with Crippen molar-refractivity contribution in [2.75, 3.05) is 19.7 Å². The molecule has 1 aliphatic heterocycles. The van der Waals surface area contributed by atoms with Crippen LogP contribution in [0.4, 0.5) is 0 Å². The molecule has 4 rings (SSSR count). The molecule has 7 heteroatoms. The van der Waals surface area contributed by atoms with Gasteiger partial charge in [-0.2, -0.15) is 0 Å². The van der Waals surface area contributed by atoms with Crippen LogP contribution in [-0.4, -0.2) is 45.3 Å². The van der Waals surface area contributed by atoms with E-state index >= 15 is 0 Å². The molecule has 0 spiro atoms. The van der Waals surface area contributed by atoms with Gasteiger partial charge in [0.1, 0.15) is 11.6 Å². The summed E-state index contributed by atoms with van der Waals surface area (Å²) in [6, 6.07) is 18.1. The molecule has 2 aromatic carbocycles. The van der Waals surface area contributed by atoms with Gasteiger partial charge in [-0.3, -0.25) is 9.69 Å². The molecule has 34 heavy (non-hydrogen) atoms. The first-order valence-electron chi connectivity index (χ1n) is 12.2. The van der Waals surface area contributed by atoms with Crippen LogP contribution in [0.5, 0.6) is 5.75 Å². The molecular weight excluding hydrogens is 426 g/mol. The lowest BCUT2D eigenvalue weighted by atomic mass is 10.0. The van der Waals surface area contributed by atoms with Gasteiger partial charge in [0.15, 0.2) is 12.4 Å². The molecule has 1 aliphatic rings. The third-order valence-electron chi connectivity index (χ3n) is 6.10. The Bertz CT molecular complexity index is 1060. The normalized spacial score (nSPS) is 14.9. The second-order valence-electron chi connectivity index (χ2n) is 9.46. The molecule has 1 aromatic heterocycles. The number of rotatable bonds is 9. The van der Waals surface area contributed by atoms with E-state index in [1.54, 1.807) is 0 Å². The van der Waals surface area contributed by atoms with Crippen LogP contribution in [0, 0.1) is 5.92 Å². The highest BCUT2D eigenvalue weighted by atomic mass is 16.5. The number of carbonyl (C=O) groups is 1. The number of para-hydroxylation sites is 1. The van der Waals surface area contributed by atoms with E-state index in [1.165, 1.54) is 11.1 Å². The van der Waals surface area contributed by atoms with E-state index in [1.807, 2.05) is 37.3 Å². The molecule has 0 saturated carbocycles. The molecular formula is C27H35N5O2. The van der Waals surface area contributed by atoms with E-state index in [0.29, 0.717) is 11.7 Å². The van der Waals surface area contributed by atoms with Crippen molar-refractivity contribution >= 4 is 5.91 Å². The molecule has 2 heterocycles. The van der Waals surface area contributed by atoms with Crippen molar-refractivity contribution < 1.29 is 9.53 Å². The number of aromatic nitrogens is 3. The number of nitrogens with zero attached hydrogens (tertiary/aromatic N) is 4. The molecule has 180 valence electrons. The third kappa shape index (κ3) is 6.44. The minimum absolute atomic E-state index is 0.0287. The first-order chi connectivity index (χ1) is 16.5. The van der Waals surface area contributed by atoms with Crippen molar-refractivity contribution in [2.45, 2.75) is 52.7 Å².